The minimum absolute atomic E-state index is 0.161. The molecule has 35 heavy (non-hydrogen) atoms. The van der Waals surface area contributed by atoms with Gasteiger partial charge in [0.15, 0.2) is 9.84 Å². The Bertz CT molecular complexity index is 1530. The zero-order valence-electron chi connectivity index (χ0n) is 19.1. The van der Waals surface area contributed by atoms with Crippen molar-refractivity contribution in [2.45, 2.75) is 22.3 Å². The fraction of sp³-hybridized carbons (Fsp3) is 0.200. The van der Waals surface area contributed by atoms with E-state index in [1.807, 2.05) is 6.07 Å². The van der Waals surface area contributed by atoms with Gasteiger partial charge in [0.2, 0.25) is 0 Å². The number of hydrogen-bond donors (Lipinski definition) is 4. The number of sulfone groups is 1. The molecular formula is C25H27N3O5S2. The van der Waals surface area contributed by atoms with Crippen molar-refractivity contribution in [3.05, 3.63) is 90.1 Å². The van der Waals surface area contributed by atoms with Crippen molar-refractivity contribution in [3.8, 4) is 0 Å². The number of aliphatic hydroxyl groups is 1. The molecule has 0 amide bonds. The largest absolute Gasteiger partial charge is 0.387 e. The maximum Gasteiger partial charge on any atom is 0.261 e. The van der Waals surface area contributed by atoms with Gasteiger partial charge in [-0.25, -0.2) is 16.8 Å². The number of aromatic amines is 1. The second-order valence-corrected chi connectivity index (χ2v) is 11.9. The van der Waals surface area contributed by atoms with Crippen molar-refractivity contribution >= 4 is 36.5 Å². The van der Waals surface area contributed by atoms with E-state index in [1.54, 1.807) is 60.8 Å². The van der Waals surface area contributed by atoms with Crippen LogP contribution in [-0.4, -0.2) is 46.3 Å². The van der Waals surface area contributed by atoms with E-state index in [1.165, 1.54) is 18.4 Å². The van der Waals surface area contributed by atoms with Crippen molar-refractivity contribution in [2.75, 3.05) is 24.1 Å². The Labute approximate surface area is 205 Å². The number of anilines is 1. The molecule has 1 atom stereocenters. The van der Waals surface area contributed by atoms with Crippen LogP contribution in [0.3, 0.4) is 0 Å². The third-order valence-electron chi connectivity index (χ3n) is 5.65. The summed E-state index contributed by atoms with van der Waals surface area (Å²) < 4.78 is 51.7. The summed E-state index contributed by atoms with van der Waals surface area (Å²) in [5, 5.41) is 14.7. The number of benzene rings is 3. The van der Waals surface area contributed by atoms with Gasteiger partial charge in [0.1, 0.15) is 0 Å². The average molecular weight is 514 g/mol. The predicted octanol–water partition coefficient (Wildman–Crippen LogP) is 3.24. The number of aromatic nitrogens is 1. The highest BCUT2D eigenvalue weighted by molar-refractivity contribution is 7.92. The second kappa shape index (κ2) is 10.2. The molecule has 0 radical (unpaired) electrons. The molecule has 0 fully saturated rings. The van der Waals surface area contributed by atoms with Crippen molar-refractivity contribution in [1.82, 2.24) is 10.3 Å². The molecule has 10 heteroatoms. The Hall–Kier alpha value is -3.18. The molecule has 4 aromatic rings. The van der Waals surface area contributed by atoms with Crippen molar-refractivity contribution in [2.24, 2.45) is 0 Å². The van der Waals surface area contributed by atoms with Gasteiger partial charge in [-0.05, 0) is 54.4 Å². The maximum absolute atomic E-state index is 12.6. The molecule has 4 rings (SSSR count). The van der Waals surface area contributed by atoms with Crippen molar-refractivity contribution < 1.29 is 21.9 Å². The molecule has 4 N–H and O–H groups in total. The van der Waals surface area contributed by atoms with Crippen molar-refractivity contribution in [3.63, 3.8) is 0 Å². The molecule has 184 valence electrons. The number of fused-ring (bicyclic) bond motifs is 1. The minimum Gasteiger partial charge on any atom is -0.387 e. The molecule has 0 saturated heterocycles. The van der Waals surface area contributed by atoms with E-state index in [0.717, 1.165) is 10.9 Å². The van der Waals surface area contributed by atoms with Crippen LogP contribution in [0.1, 0.15) is 17.2 Å². The molecule has 0 aliphatic rings. The number of para-hydroxylation sites is 1. The van der Waals surface area contributed by atoms with Gasteiger partial charge in [-0.2, -0.15) is 0 Å². The van der Waals surface area contributed by atoms with Gasteiger partial charge in [0.05, 0.1) is 21.4 Å². The van der Waals surface area contributed by atoms with E-state index in [2.05, 4.69) is 15.0 Å². The monoisotopic (exact) mass is 513 g/mol. The highest BCUT2D eigenvalue weighted by Crippen LogP contribution is 2.25. The first-order valence-corrected chi connectivity index (χ1v) is 14.4. The third kappa shape index (κ3) is 5.91. The summed E-state index contributed by atoms with van der Waals surface area (Å²) in [5.41, 5.74) is 2.52. The normalized spacial score (nSPS) is 13.1. The Kier molecular flexibility index (Phi) is 7.27. The minimum atomic E-state index is -3.72. The molecule has 0 spiro atoms. The SMILES string of the molecule is CS(=O)(=O)c1cccc2c(CCNC[C@H](O)c3cccc(NS(=O)(=O)c4ccccc4)c3)c[nH]c12. The fourth-order valence-corrected chi connectivity index (χ4v) is 5.84. The van der Waals surface area contributed by atoms with Crippen LogP contribution in [0.25, 0.3) is 10.9 Å². The molecule has 0 aliphatic heterocycles. The van der Waals surface area contributed by atoms with Gasteiger partial charge in [-0.15, -0.1) is 0 Å². The number of H-pyrrole nitrogens is 1. The van der Waals surface area contributed by atoms with E-state index in [4.69, 9.17) is 0 Å². The molecule has 3 aromatic carbocycles. The van der Waals surface area contributed by atoms with Crippen molar-refractivity contribution in [1.29, 1.82) is 0 Å². The quantitative estimate of drug-likeness (QED) is 0.241. The lowest BCUT2D eigenvalue weighted by atomic mass is 10.1. The number of sulfonamides is 1. The lowest BCUT2D eigenvalue weighted by Gasteiger charge is -2.14. The molecule has 0 unspecified atom stereocenters. The summed E-state index contributed by atoms with van der Waals surface area (Å²) >= 11 is 0. The third-order valence-corrected chi connectivity index (χ3v) is 8.18. The molecule has 1 heterocycles. The smallest absolute Gasteiger partial charge is 0.261 e. The summed E-state index contributed by atoms with van der Waals surface area (Å²) in [4.78, 5) is 3.49. The molecule has 1 aromatic heterocycles. The molecule has 0 saturated carbocycles. The number of rotatable bonds is 10. The zero-order chi connectivity index (χ0) is 25.1. The van der Waals surface area contributed by atoms with Crippen LogP contribution in [0.4, 0.5) is 5.69 Å². The first kappa shape index (κ1) is 24.9. The number of hydrogen-bond acceptors (Lipinski definition) is 6. The predicted molar refractivity (Wildman–Crippen MR) is 137 cm³/mol. The fourth-order valence-electron chi connectivity index (χ4n) is 3.90. The summed E-state index contributed by atoms with van der Waals surface area (Å²) in [6.45, 7) is 0.833. The van der Waals surface area contributed by atoms with E-state index in [-0.39, 0.29) is 16.3 Å². The molecular weight excluding hydrogens is 486 g/mol. The van der Waals surface area contributed by atoms with Crippen LogP contribution in [0.5, 0.6) is 0 Å². The standard InChI is InChI=1S/C25H27N3O5S2/c1-34(30,31)24-12-6-11-22-19(16-27-25(22)24)13-14-26-17-23(29)18-7-5-8-20(15-18)28-35(32,33)21-9-3-2-4-10-21/h2-12,15-16,23,26-29H,13-14,17H2,1H3/t23-/m0/s1. The van der Waals surface area contributed by atoms with Gasteiger partial charge in [0, 0.05) is 30.1 Å². The van der Waals surface area contributed by atoms with Crippen LogP contribution in [0.15, 0.2) is 88.8 Å². The highest BCUT2D eigenvalue weighted by Gasteiger charge is 2.16. The van der Waals surface area contributed by atoms with Gasteiger partial charge in [0.25, 0.3) is 10.0 Å². The summed E-state index contributed by atoms with van der Waals surface area (Å²) in [6, 6.07) is 19.9. The summed E-state index contributed by atoms with van der Waals surface area (Å²) in [5.74, 6) is 0. The van der Waals surface area contributed by atoms with Gasteiger partial charge < -0.3 is 15.4 Å². The van der Waals surface area contributed by atoms with Gasteiger partial charge in [-0.3, -0.25) is 4.72 Å². The van der Waals surface area contributed by atoms with E-state index in [0.29, 0.717) is 29.7 Å². The van der Waals surface area contributed by atoms with Crippen LogP contribution < -0.4 is 10.0 Å². The maximum atomic E-state index is 12.6. The van der Waals surface area contributed by atoms with Crippen LogP contribution >= 0.6 is 0 Å². The van der Waals surface area contributed by atoms with Crippen LogP contribution in [-0.2, 0) is 26.3 Å². The first-order chi connectivity index (χ1) is 16.6. The first-order valence-electron chi connectivity index (χ1n) is 11.0. The average Bonchev–Trinajstić information content (AvgIpc) is 3.24. The Morgan fingerprint density at radius 2 is 1.69 bits per heavy atom. The van der Waals surface area contributed by atoms with E-state index < -0.39 is 26.0 Å². The lowest BCUT2D eigenvalue weighted by molar-refractivity contribution is 0.175. The Morgan fingerprint density at radius 1 is 0.943 bits per heavy atom. The van der Waals surface area contributed by atoms with Gasteiger partial charge in [-0.1, -0.05) is 42.5 Å². The highest BCUT2D eigenvalue weighted by atomic mass is 32.2. The number of aliphatic hydroxyl groups excluding tert-OH is 1. The van der Waals surface area contributed by atoms with Gasteiger partial charge >= 0.3 is 0 Å². The van der Waals surface area contributed by atoms with E-state index >= 15 is 0 Å². The zero-order valence-corrected chi connectivity index (χ0v) is 20.7. The summed E-state index contributed by atoms with van der Waals surface area (Å²) in [6.07, 6.45) is 2.79. The molecule has 0 aliphatic carbocycles. The Balaban J connectivity index is 1.36. The van der Waals surface area contributed by atoms with Crippen LogP contribution in [0, 0.1) is 0 Å². The lowest BCUT2D eigenvalue weighted by Crippen LogP contribution is -2.23. The summed E-state index contributed by atoms with van der Waals surface area (Å²) in [7, 11) is -7.06. The Morgan fingerprint density at radius 3 is 2.43 bits per heavy atom. The number of nitrogens with one attached hydrogen (secondary N) is 3. The second-order valence-electron chi connectivity index (χ2n) is 8.28. The topological polar surface area (TPSA) is 128 Å². The van der Waals surface area contributed by atoms with Crippen LogP contribution in [0.2, 0.25) is 0 Å². The van der Waals surface area contributed by atoms with E-state index in [9.17, 15) is 21.9 Å². The molecule has 0 bridgehead atoms. The molecule has 8 nitrogen and oxygen atoms in total.